The van der Waals surface area contributed by atoms with Gasteiger partial charge in [-0.25, -0.2) is 12.7 Å². The first kappa shape index (κ1) is 15.9. The first-order chi connectivity index (χ1) is 9.45. The number of ketones is 1. The Bertz CT molecular complexity index is 430. The average Bonchev–Trinajstić information content (AvgIpc) is 2.89. The van der Waals surface area contributed by atoms with Crippen molar-refractivity contribution in [3.63, 3.8) is 0 Å². The topological polar surface area (TPSA) is 66.5 Å². The van der Waals surface area contributed by atoms with Crippen molar-refractivity contribution in [2.75, 3.05) is 25.9 Å². The van der Waals surface area contributed by atoms with Crippen LogP contribution in [0.1, 0.15) is 44.9 Å². The molecular weight excluding hydrogens is 276 g/mol. The molecule has 6 heteroatoms. The van der Waals surface area contributed by atoms with Crippen molar-refractivity contribution >= 4 is 15.8 Å². The van der Waals surface area contributed by atoms with Gasteiger partial charge in [0.25, 0.3) is 0 Å². The van der Waals surface area contributed by atoms with Crippen LogP contribution in [0.15, 0.2) is 0 Å². The fraction of sp³-hybridized carbons (Fsp3) is 0.929. The highest BCUT2D eigenvalue weighted by molar-refractivity contribution is 7.88. The van der Waals surface area contributed by atoms with Gasteiger partial charge in [0.05, 0.1) is 12.8 Å². The molecule has 0 aromatic heterocycles. The van der Waals surface area contributed by atoms with Crippen LogP contribution in [0.4, 0.5) is 0 Å². The van der Waals surface area contributed by atoms with E-state index in [9.17, 15) is 13.2 Å². The fourth-order valence-electron chi connectivity index (χ4n) is 3.28. The molecule has 2 rings (SSSR count). The Kier molecular flexibility index (Phi) is 5.57. The van der Waals surface area contributed by atoms with Crippen LogP contribution >= 0.6 is 0 Å². The highest BCUT2D eigenvalue weighted by Crippen LogP contribution is 2.22. The van der Waals surface area contributed by atoms with Crippen LogP contribution in [0, 0.1) is 5.92 Å². The molecule has 0 bridgehead atoms. The SMILES string of the molecule is CS(=O)(=O)N1CCCC(CC(=O)CNC2CCCC2)C1. The van der Waals surface area contributed by atoms with Gasteiger partial charge in [0.1, 0.15) is 5.78 Å². The summed E-state index contributed by atoms with van der Waals surface area (Å²) >= 11 is 0. The molecule has 1 N–H and O–H groups in total. The van der Waals surface area contributed by atoms with Crippen LogP contribution in [-0.2, 0) is 14.8 Å². The standard InChI is InChI=1S/C14H26N2O3S/c1-20(18,19)16-8-4-5-12(11-16)9-14(17)10-15-13-6-2-3-7-13/h12-13,15H,2-11H2,1H3. The second-order valence-electron chi connectivity index (χ2n) is 6.23. The van der Waals surface area contributed by atoms with E-state index < -0.39 is 10.0 Å². The maximum Gasteiger partial charge on any atom is 0.211 e. The maximum absolute atomic E-state index is 12.0. The average molecular weight is 302 g/mol. The number of Topliss-reactive ketones (excluding diaryl/α,β-unsaturated/α-hetero) is 1. The van der Waals surface area contributed by atoms with Gasteiger partial charge in [-0.05, 0) is 31.6 Å². The van der Waals surface area contributed by atoms with E-state index in [0.717, 1.165) is 12.8 Å². The maximum atomic E-state index is 12.0. The molecular formula is C14H26N2O3S. The molecule has 0 radical (unpaired) electrons. The Hall–Kier alpha value is -0.460. The third-order valence-electron chi connectivity index (χ3n) is 4.41. The van der Waals surface area contributed by atoms with E-state index in [1.54, 1.807) is 0 Å². The molecule has 1 saturated carbocycles. The molecule has 1 aliphatic heterocycles. The molecule has 0 spiro atoms. The lowest BCUT2D eigenvalue weighted by Gasteiger charge is -2.30. The summed E-state index contributed by atoms with van der Waals surface area (Å²) in [5.74, 6) is 0.411. The summed E-state index contributed by atoms with van der Waals surface area (Å²) in [6.07, 6.45) is 8.46. The third kappa shape index (κ3) is 4.82. The Morgan fingerprint density at radius 2 is 1.90 bits per heavy atom. The molecule has 20 heavy (non-hydrogen) atoms. The molecule has 1 aliphatic carbocycles. The van der Waals surface area contributed by atoms with Gasteiger partial charge in [-0.2, -0.15) is 0 Å². The predicted octanol–water partition coefficient (Wildman–Crippen LogP) is 1.15. The fourth-order valence-corrected chi connectivity index (χ4v) is 4.22. The van der Waals surface area contributed by atoms with Gasteiger partial charge in [-0.15, -0.1) is 0 Å². The molecule has 0 amide bonds. The number of nitrogens with one attached hydrogen (secondary N) is 1. The Labute approximate surface area is 122 Å². The van der Waals surface area contributed by atoms with Crippen molar-refractivity contribution in [3.05, 3.63) is 0 Å². The summed E-state index contributed by atoms with van der Waals surface area (Å²) in [6.45, 7) is 1.55. The van der Waals surface area contributed by atoms with Crippen LogP contribution in [0.2, 0.25) is 0 Å². The number of rotatable bonds is 6. The number of carbonyl (C=O) groups is 1. The van der Waals surface area contributed by atoms with Gasteiger partial charge in [0.15, 0.2) is 0 Å². The van der Waals surface area contributed by atoms with Crippen LogP contribution in [0.25, 0.3) is 0 Å². The molecule has 0 aromatic rings. The van der Waals surface area contributed by atoms with E-state index in [0.29, 0.717) is 32.1 Å². The van der Waals surface area contributed by atoms with Gasteiger partial charge in [0, 0.05) is 25.6 Å². The van der Waals surface area contributed by atoms with Crippen molar-refractivity contribution < 1.29 is 13.2 Å². The van der Waals surface area contributed by atoms with Gasteiger partial charge in [-0.3, -0.25) is 4.79 Å². The van der Waals surface area contributed by atoms with E-state index in [1.165, 1.54) is 36.2 Å². The predicted molar refractivity (Wildman–Crippen MR) is 79.0 cm³/mol. The Balaban J connectivity index is 1.73. The second kappa shape index (κ2) is 7.00. The summed E-state index contributed by atoms with van der Waals surface area (Å²) in [6, 6.07) is 0.512. The normalized spacial score (nSPS) is 25.9. The minimum atomic E-state index is -3.11. The molecule has 1 unspecified atom stereocenters. The highest BCUT2D eigenvalue weighted by Gasteiger charge is 2.27. The van der Waals surface area contributed by atoms with E-state index in [-0.39, 0.29) is 11.7 Å². The van der Waals surface area contributed by atoms with Crippen LogP contribution in [-0.4, -0.2) is 50.4 Å². The first-order valence-corrected chi connectivity index (χ1v) is 9.50. The monoisotopic (exact) mass is 302 g/mol. The Morgan fingerprint density at radius 3 is 2.55 bits per heavy atom. The van der Waals surface area contributed by atoms with Crippen molar-refractivity contribution in [1.82, 2.24) is 9.62 Å². The van der Waals surface area contributed by atoms with Crippen LogP contribution in [0.3, 0.4) is 0 Å². The molecule has 2 fully saturated rings. The molecule has 2 aliphatic rings. The molecule has 1 saturated heterocycles. The molecule has 1 heterocycles. The van der Waals surface area contributed by atoms with E-state index in [4.69, 9.17) is 0 Å². The van der Waals surface area contributed by atoms with Crippen LogP contribution < -0.4 is 5.32 Å². The minimum absolute atomic E-state index is 0.191. The van der Waals surface area contributed by atoms with Crippen LogP contribution in [0.5, 0.6) is 0 Å². The van der Waals surface area contributed by atoms with Gasteiger partial charge >= 0.3 is 0 Å². The van der Waals surface area contributed by atoms with Crippen molar-refractivity contribution in [1.29, 1.82) is 0 Å². The smallest absolute Gasteiger partial charge is 0.211 e. The molecule has 1 atom stereocenters. The summed E-state index contributed by atoms with van der Waals surface area (Å²) in [5.41, 5.74) is 0. The van der Waals surface area contributed by atoms with Crippen molar-refractivity contribution in [2.24, 2.45) is 5.92 Å². The number of piperidine rings is 1. The zero-order chi connectivity index (χ0) is 14.6. The number of carbonyl (C=O) groups excluding carboxylic acids is 1. The minimum Gasteiger partial charge on any atom is -0.307 e. The summed E-state index contributed by atoms with van der Waals surface area (Å²) < 4.78 is 24.6. The van der Waals surface area contributed by atoms with Gasteiger partial charge in [0.2, 0.25) is 10.0 Å². The number of sulfonamides is 1. The molecule has 116 valence electrons. The second-order valence-corrected chi connectivity index (χ2v) is 8.22. The van der Waals surface area contributed by atoms with E-state index >= 15 is 0 Å². The summed E-state index contributed by atoms with van der Waals surface area (Å²) in [5, 5.41) is 3.33. The highest BCUT2D eigenvalue weighted by atomic mass is 32.2. The number of hydrogen-bond donors (Lipinski definition) is 1. The number of nitrogens with zero attached hydrogens (tertiary/aromatic N) is 1. The molecule has 5 nitrogen and oxygen atoms in total. The zero-order valence-electron chi connectivity index (χ0n) is 12.3. The zero-order valence-corrected chi connectivity index (χ0v) is 13.1. The summed E-state index contributed by atoms with van der Waals surface area (Å²) in [4.78, 5) is 12.0. The van der Waals surface area contributed by atoms with E-state index in [2.05, 4.69) is 5.32 Å². The lowest BCUT2D eigenvalue weighted by molar-refractivity contribution is -0.119. The van der Waals surface area contributed by atoms with Gasteiger partial charge in [-0.1, -0.05) is 12.8 Å². The number of hydrogen-bond acceptors (Lipinski definition) is 4. The largest absolute Gasteiger partial charge is 0.307 e. The summed E-state index contributed by atoms with van der Waals surface area (Å²) in [7, 11) is -3.11. The van der Waals surface area contributed by atoms with Crippen molar-refractivity contribution in [2.45, 2.75) is 51.0 Å². The van der Waals surface area contributed by atoms with Crippen molar-refractivity contribution in [3.8, 4) is 0 Å². The first-order valence-electron chi connectivity index (χ1n) is 7.65. The lowest BCUT2D eigenvalue weighted by Crippen LogP contribution is -2.40. The van der Waals surface area contributed by atoms with E-state index in [1.807, 2.05) is 0 Å². The Morgan fingerprint density at radius 1 is 1.20 bits per heavy atom. The van der Waals surface area contributed by atoms with Gasteiger partial charge < -0.3 is 5.32 Å². The quantitative estimate of drug-likeness (QED) is 0.799. The third-order valence-corrected chi connectivity index (χ3v) is 5.68. The molecule has 0 aromatic carbocycles. The lowest BCUT2D eigenvalue weighted by atomic mass is 9.94.